The molecular formula is C13H13BrFNOS. The first-order chi connectivity index (χ1) is 8.65. The Balaban J connectivity index is 2.35. The number of nitrogens with one attached hydrogen (secondary N) is 1. The lowest BCUT2D eigenvalue weighted by molar-refractivity contribution is 0.416. The lowest BCUT2D eigenvalue weighted by atomic mass is 10.1. The normalized spacial score (nSPS) is 12.4. The molecule has 0 saturated heterocycles. The van der Waals surface area contributed by atoms with Gasteiger partial charge in [-0.2, -0.15) is 0 Å². The van der Waals surface area contributed by atoms with Crippen LogP contribution in [0.25, 0.3) is 0 Å². The van der Waals surface area contributed by atoms with E-state index in [0.29, 0.717) is 4.47 Å². The predicted octanol–water partition coefficient (Wildman–Crippen LogP) is 3.97. The summed E-state index contributed by atoms with van der Waals surface area (Å²) in [5, 5.41) is 5.19. The third-order valence-electron chi connectivity index (χ3n) is 2.68. The maximum Gasteiger partial charge on any atom is 0.137 e. The first-order valence-corrected chi connectivity index (χ1v) is 7.07. The standard InChI is InChI=1S/C13H13BrFNOS/c1-16-13(12-6-9(17-2)7-18-12)8-3-4-11(15)10(14)5-8/h3-7,13,16H,1-2H3. The van der Waals surface area contributed by atoms with Gasteiger partial charge in [0.25, 0.3) is 0 Å². The van der Waals surface area contributed by atoms with Crippen LogP contribution in [0.1, 0.15) is 16.5 Å². The Morgan fingerprint density at radius 2 is 2.17 bits per heavy atom. The maximum absolute atomic E-state index is 13.2. The SMILES string of the molecule is CNC(c1ccc(F)c(Br)c1)c1cc(OC)cs1. The second kappa shape index (κ2) is 5.82. The van der Waals surface area contributed by atoms with E-state index in [2.05, 4.69) is 21.2 Å². The molecule has 1 unspecified atom stereocenters. The average molecular weight is 330 g/mol. The summed E-state index contributed by atoms with van der Waals surface area (Å²) < 4.78 is 18.9. The first-order valence-electron chi connectivity index (χ1n) is 5.40. The summed E-state index contributed by atoms with van der Waals surface area (Å²) in [7, 11) is 3.53. The molecule has 0 aliphatic rings. The van der Waals surface area contributed by atoms with Crippen molar-refractivity contribution < 1.29 is 9.13 Å². The van der Waals surface area contributed by atoms with Crippen LogP contribution in [0.4, 0.5) is 4.39 Å². The highest BCUT2D eigenvalue weighted by atomic mass is 79.9. The summed E-state index contributed by atoms with van der Waals surface area (Å²) in [5.74, 6) is 0.591. The second-order valence-corrected chi connectivity index (χ2v) is 5.58. The molecule has 0 radical (unpaired) electrons. The Morgan fingerprint density at radius 1 is 1.39 bits per heavy atom. The third kappa shape index (κ3) is 2.74. The lowest BCUT2D eigenvalue weighted by Gasteiger charge is -2.15. The highest BCUT2D eigenvalue weighted by Gasteiger charge is 2.15. The van der Waals surface area contributed by atoms with Crippen molar-refractivity contribution in [2.75, 3.05) is 14.2 Å². The zero-order chi connectivity index (χ0) is 13.1. The van der Waals surface area contributed by atoms with Gasteiger partial charge in [-0.05, 0) is 46.7 Å². The number of rotatable bonds is 4. The van der Waals surface area contributed by atoms with Crippen LogP contribution in [-0.4, -0.2) is 14.2 Å². The van der Waals surface area contributed by atoms with Gasteiger partial charge in [0.2, 0.25) is 0 Å². The molecule has 1 N–H and O–H groups in total. The molecule has 1 aromatic carbocycles. The molecule has 18 heavy (non-hydrogen) atoms. The van der Waals surface area contributed by atoms with E-state index in [1.54, 1.807) is 30.6 Å². The maximum atomic E-state index is 13.2. The molecule has 2 nitrogen and oxygen atoms in total. The smallest absolute Gasteiger partial charge is 0.137 e. The van der Waals surface area contributed by atoms with Crippen LogP contribution in [0.5, 0.6) is 5.75 Å². The summed E-state index contributed by atoms with van der Waals surface area (Å²) in [6, 6.07) is 7.07. The van der Waals surface area contributed by atoms with Gasteiger partial charge in [0, 0.05) is 10.3 Å². The van der Waals surface area contributed by atoms with E-state index in [1.807, 2.05) is 18.5 Å². The average Bonchev–Trinajstić information content (AvgIpc) is 2.83. The third-order valence-corrected chi connectivity index (χ3v) is 4.27. The van der Waals surface area contributed by atoms with E-state index in [9.17, 15) is 4.39 Å². The second-order valence-electron chi connectivity index (χ2n) is 3.78. The van der Waals surface area contributed by atoms with E-state index in [4.69, 9.17) is 4.74 Å². The van der Waals surface area contributed by atoms with E-state index in [0.717, 1.165) is 16.2 Å². The zero-order valence-electron chi connectivity index (χ0n) is 10.0. The van der Waals surface area contributed by atoms with Crippen LogP contribution in [-0.2, 0) is 0 Å². The number of methoxy groups -OCH3 is 1. The van der Waals surface area contributed by atoms with Crippen molar-refractivity contribution in [1.82, 2.24) is 5.32 Å². The first kappa shape index (κ1) is 13.5. The number of hydrogen-bond donors (Lipinski definition) is 1. The number of halogens is 2. The van der Waals surface area contributed by atoms with Gasteiger partial charge in [-0.15, -0.1) is 11.3 Å². The Morgan fingerprint density at radius 3 is 2.72 bits per heavy atom. The van der Waals surface area contributed by atoms with Crippen LogP contribution < -0.4 is 10.1 Å². The number of benzene rings is 1. The van der Waals surface area contributed by atoms with Crippen molar-refractivity contribution in [2.45, 2.75) is 6.04 Å². The van der Waals surface area contributed by atoms with Gasteiger partial charge in [0.15, 0.2) is 0 Å². The fourth-order valence-corrected chi connectivity index (χ4v) is 3.15. The van der Waals surface area contributed by atoms with Crippen LogP contribution in [0.3, 0.4) is 0 Å². The monoisotopic (exact) mass is 329 g/mol. The van der Waals surface area contributed by atoms with Gasteiger partial charge in [0.05, 0.1) is 17.6 Å². The minimum absolute atomic E-state index is 0.0378. The number of hydrogen-bond acceptors (Lipinski definition) is 3. The van der Waals surface area contributed by atoms with Crippen molar-refractivity contribution >= 4 is 27.3 Å². The molecule has 0 spiro atoms. The summed E-state index contributed by atoms with van der Waals surface area (Å²) in [4.78, 5) is 1.13. The molecule has 2 aromatic rings. The summed E-state index contributed by atoms with van der Waals surface area (Å²) in [6.45, 7) is 0. The fraction of sp³-hybridized carbons (Fsp3) is 0.231. The van der Waals surface area contributed by atoms with Gasteiger partial charge in [-0.3, -0.25) is 0 Å². The van der Waals surface area contributed by atoms with E-state index in [-0.39, 0.29) is 11.9 Å². The van der Waals surface area contributed by atoms with Crippen molar-refractivity contribution in [2.24, 2.45) is 0 Å². The topological polar surface area (TPSA) is 21.3 Å². The Kier molecular flexibility index (Phi) is 4.37. The molecule has 0 saturated carbocycles. The van der Waals surface area contributed by atoms with Gasteiger partial charge in [0.1, 0.15) is 11.6 Å². The molecule has 0 bridgehead atoms. The number of ether oxygens (including phenoxy) is 1. The quantitative estimate of drug-likeness (QED) is 0.916. The molecular weight excluding hydrogens is 317 g/mol. The molecule has 5 heteroatoms. The largest absolute Gasteiger partial charge is 0.496 e. The predicted molar refractivity (Wildman–Crippen MR) is 75.9 cm³/mol. The summed E-state index contributed by atoms with van der Waals surface area (Å²) in [6.07, 6.45) is 0. The molecule has 1 atom stereocenters. The van der Waals surface area contributed by atoms with E-state index >= 15 is 0 Å². The van der Waals surface area contributed by atoms with Crippen molar-refractivity contribution in [1.29, 1.82) is 0 Å². The summed E-state index contributed by atoms with van der Waals surface area (Å²) in [5.41, 5.74) is 1.01. The van der Waals surface area contributed by atoms with Crippen molar-refractivity contribution in [3.05, 3.63) is 50.4 Å². The van der Waals surface area contributed by atoms with Crippen LogP contribution in [0, 0.1) is 5.82 Å². The van der Waals surface area contributed by atoms with Crippen molar-refractivity contribution in [3.63, 3.8) is 0 Å². The van der Waals surface area contributed by atoms with Crippen LogP contribution in [0.15, 0.2) is 34.1 Å². The zero-order valence-corrected chi connectivity index (χ0v) is 12.4. The molecule has 1 aromatic heterocycles. The molecule has 2 rings (SSSR count). The Labute approximate surface area is 118 Å². The van der Waals surface area contributed by atoms with Gasteiger partial charge >= 0.3 is 0 Å². The van der Waals surface area contributed by atoms with E-state index < -0.39 is 0 Å². The lowest BCUT2D eigenvalue weighted by Crippen LogP contribution is -2.16. The van der Waals surface area contributed by atoms with Gasteiger partial charge in [-0.1, -0.05) is 6.07 Å². The molecule has 1 heterocycles. The van der Waals surface area contributed by atoms with E-state index in [1.165, 1.54) is 6.07 Å². The Bertz CT molecular complexity index is 544. The number of thiophene rings is 1. The molecule has 0 aliphatic carbocycles. The highest BCUT2D eigenvalue weighted by Crippen LogP contribution is 2.32. The minimum atomic E-state index is -0.252. The molecule has 96 valence electrons. The van der Waals surface area contributed by atoms with Crippen molar-refractivity contribution in [3.8, 4) is 5.75 Å². The molecule has 0 fully saturated rings. The highest BCUT2D eigenvalue weighted by molar-refractivity contribution is 9.10. The summed E-state index contributed by atoms with van der Waals surface area (Å²) >= 11 is 4.83. The fourth-order valence-electron chi connectivity index (χ4n) is 1.76. The van der Waals surface area contributed by atoms with Gasteiger partial charge in [-0.25, -0.2) is 4.39 Å². The van der Waals surface area contributed by atoms with Crippen LogP contribution >= 0.6 is 27.3 Å². The van der Waals surface area contributed by atoms with Crippen LogP contribution in [0.2, 0.25) is 0 Å². The minimum Gasteiger partial charge on any atom is -0.496 e. The van der Waals surface area contributed by atoms with Gasteiger partial charge < -0.3 is 10.1 Å². The molecule has 0 amide bonds. The Hall–Kier alpha value is -0.910. The molecule has 0 aliphatic heterocycles.